The molecule has 1 aliphatic rings. The Morgan fingerprint density at radius 1 is 1.07 bits per heavy atom. The van der Waals surface area contributed by atoms with E-state index < -0.39 is 0 Å². The van der Waals surface area contributed by atoms with E-state index in [0.29, 0.717) is 6.17 Å². The quantitative estimate of drug-likeness (QED) is 0.219. The number of unbranched alkanes of at least 4 members (excludes halogenated alkanes) is 9. The summed E-state index contributed by atoms with van der Waals surface area (Å²) in [5, 5.41) is 6.50. The number of likely N-dealkylation sites (N-methyl/N-ethyl adjacent to an activating group) is 1. The van der Waals surface area contributed by atoms with Crippen LogP contribution in [0.2, 0.25) is 0 Å². The molecule has 0 aromatic carbocycles. The van der Waals surface area contributed by atoms with E-state index in [1.165, 1.54) is 70.6 Å². The number of quaternary nitrogens is 1. The molecule has 0 aromatic heterocycles. The molecule has 156 valence electrons. The number of hydrogen-bond donors (Lipinski definition) is 2. The normalized spacial score (nSPS) is 21.7. The fraction of sp³-hybridized carbons (Fsp3) is 0.783. The molecule has 0 aromatic rings. The Hall–Kier alpha value is -1.29. The van der Waals surface area contributed by atoms with Crippen molar-refractivity contribution < 1.29 is 9.28 Å². The van der Waals surface area contributed by atoms with Gasteiger partial charge in [0, 0.05) is 13.3 Å². The predicted molar refractivity (Wildman–Crippen MR) is 116 cm³/mol. The Labute approximate surface area is 168 Å². The molecule has 2 N–H and O–H groups in total. The molecule has 0 spiro atoms. The predicted octanol–water partition coefficient (Wildman–Crippen LogP) is 5.23. The fourth-order valence-corrected chi connectivity index (χ4v) is 4.05. The monoisotopic (exact) mass is 378 g/mol. The van der Waals surface area contributed by atoms with Crippen LogP contribution in [-0.2, 0) is 4.79 Å². The summed E-state index contributed by atoms with van der Waals surface area (Å²) in [4.78, 5) is 11.1. The minimum Gasteiger partial charge on any atom is -0.351 e. The first-order valence-corrected chi connectivity index (χ1v) is 11.3. The number of rotatable bonds is 16. The molecule has 1 aliphatic heterocycles. The van der Waals surface area contributed by atoms with Crippen LogP contribution < -0.4 is 10.6 Å². The lowest BCUT2D eigenvalue weighted by atomic mass is 10.0. The SMILES string of the molecule is C/C=C/CCCCCCCCCCCC1NC=C[N+]1(CC)CCNC(C)=O. The summed E-state index contributed by atoms with van der Waals surface area (Å²) in [5.74, 6) is 0.0646. The van der Waals surface area contributed by atoms with Gasteiger partial charge in [-0.3, -0.25) is 9.28 Å². The number of carbonyl (C=O) groups excluding carboxylic acids is 1. The molecule has 1 amide bonds. The summed E-state index contributed by atoms with van der Waals surface area (Å²) in [6.45, 7) is 8.74. The zero-order valence-electron chi connectivity index (χ0n) is 18.1. The minimum absolute atomic E-state index is 0.0646. The van der Waals surface area contributed by atoms with Gasteiger partial charge in [-0.2, -0.15) is 0 Å². The van der Waals surface area contributed by atoms with E-state index in [-0.39, 0.29) is 5.91 Å². The highest BCUT2D eigenvalue weighted by molar-refractivity contribution is 5.72. The highest BCUT2D eigenvalue weighted by Crippen LogP contribution is 2.23. The number of nitrogens with one attached hydrogen (secondary N) is 2. The molecule has 1 rings (SSSR count). The largest absolute Gasteiger partial charge is 0.351 e. The Kier molecular flexibility index (Phi) is 13.0. The molecule has 2 unspecified atom stereocenters. The van der Waals surface area contributed by atoms with Gasteiger partial charge in [0.25, 0.3) is 0 Å². The van der Waals surface area contributed by atoms with Crippen LogP contribution in [0.3, 0.4) is 0 Å². The van der Waals surface area contributed by atoms with E-state index in [4.69, 9.17) is 0 Å². The molecular formula is C23H44N3O+. The van der Waals surface area contributed by atoms with Crippen molar-refractivity contribution in [2.75, 3.05) is 19.6 Å². The summed E-state index contributed by atoms with van der Waals surface area (Å²) in [5.41, 5.74) is 0. The van der Waals surface area contributed by atoms with Crippen molar-refractivity contribution in [2.45, 2.75) is 97.6 Å². The van der Waals surface area contributed by atoms with Crippen molar-refractivity contribution in [1.29, 1.82) is 0 Å². The minimum atomic E-state index is 0.0646. The molecule has 0 fully saturated rings. The van der Waals surface area contributed by atoms with Gasteiger partial charge in [-0.05, 0) is 33.1 Å². The van der Waals surface area contributed by atoms with Crippen LogP contribution >= 0.6 is 0 Å². The van der Waals surface area contributed by atoms with Gasteiger partial charge in [0.15, 0.2) is 6.17 Å². The van der Waals surface area contributed by atoms with Gasteiger partial charge in [0.2, 0.25) is 5.91 Å². The lowest BCUT2D eigenvalue weighted by Gasteiger charge is -2.37. The summed E-state index contributed by atoms with van der Waals surface area (Å²) in [6.07, 6.45) is 24.1. The van der Waals surface area contributed by atoms with Gasteiger partial charge in [-0.25, -0.2) is 0 Å². The maximum Gasteiger partial charge on any atom is 0.217 e. The van der Waals surface area contributed by atoms with Crippen molar-refractivity contribution in [1.82, 2.24) is 10.6 Å². The average molecular weight is 379 g/mol. The summed E-state index contributed by atoms with van der Waals surface area (Å²) >= 11 is 0. The van der Waals surface area contributed by atoms with E-state index in [1.54, 1.807) is 6.92 Å². The maximum atomic E-state index is 11.1. The molecular weight excluding hydrogens is 334 g/mol. The Bertz CT molecular complexity index is 447. The van der Waals surface area contributed by atoms with Gasteiger partial charge in [0.05, 0.1) is 19.3 Å². The van der Waals surface area contributed by atoms with Crippen molar-refractivity contribution in [3.63, 3.8) is 0 Å². The second-order valence-electron chi connectivity index (χ2n) is 7.95. The van der Waals surface area contributed by atoms with Crippen LogP contribution in [0.25, 0.3) is 0 Å². The highest BCUT2D eigenvalue weighted by atomic mass is 16.1. The third kappa shape index (κ3) is 9.99. The number of amides is 1. The maximum absolute atomic E-state index is 11.1. The molecule has 4 nitrogen and oxygen atoms in total. The number of allylic oxidation sites excluding steroid dienone is 2. The van der Waals surface area contributed by atoms with Crippen molar-refractivity contribution >= 4 is 5.91 Å². The summed E-state index contributed by atoms with van der Waals surface area (Å²) in [6, 6.07) is 0. The first-order valence-electron chi connectivity index (χ1n) is 11.3. The molecule has 27 heavy (non-hydrogen) atoms. The Morgan fingerprint density at radius 2 is 1.70 bits per heavy atom. The van der Waals surface area contributed by atoms with Gasteiger partial charge in [-0.1, -0.05) is 57.1 Å². The third-order valence-electron chi connectivity index (χ3n) is 5.86. The molecule has 0 aliphatic carbocycles. The zero-order chi connectivity index (χ0) is 19.8. The van der Waals surface area contributed by atoms with Gasteiger partial charge < -0.3 is 10.6 Å². The van der Waals surface area contributed by atoms with Crippen LogP contribution in [0.1, 0.15) is 91.4 Å². The first kappa shape index (κ1) is 23.7. The first-order chi connectivity index (χ1) is 13.1. The lowest BCUT2D eigenvalue weighted by Crippen LogP contribution is -2.55. The number of carbonyl (C=O) groups is 1. The van der Waals surface area contributed by atoms with Gasteiger partial charge >= 0.3 is 0 Å². The van der Waals surface area contributed by atoms with Crippen LogP contribution in [-0.4, -0.2) is 36.2 Å². The van der Waals surface area contributed by atoms with E-state index in [0.717, 1.165) is 24.1 Å². The van der Waals surface area contributed by atoms with Crippen LogP contribution in [0.5, 0.6) is 0 Å². The van der Waals surface area contributed by atoms with E-state index in [1.807, 2.05) is 0 Å². The topological polar surface area (TPSA) is 41.1 Å². The smallest absolute Gasteiger partial charge is 0.217 e. The van der Waals surface area contributed by atoms with Crippen molar-refractivity contribution in [3.05, 3.63) is 24.6 Å². The van der Waals surface area contributed by atoms with Gasteiger partial charge in [0.1, 0.15) is 12.7 Å². The molecule has 0 saturated heterocycles. The molecule has 1 heterocycles. The average Bonchev–Trinajstić information content (AvgIpc) is 3.05. The van der Waals surface area contributed by atoms with Crippen molar-refractivity contribution in [3.8, 4) is 0 Å². The number of nitrogens with zero attached hydrogens (tertiary/aromatic N) is 1. The van der Waals surface area contributed by atoms with Crippen LogP contribution in [0, 0.1) is 0 Å². The zero-order valence-corrected chi connectivity index (χ0v) is 18.1. The Morgan fingerprint density at radius 3 is 2.30 bits per heavy atom. The van der Waals surface area contributed by atoms with Crippen LogP contribution in [0.15, 0.2) is 24.6 Å². The molecule has 0 radical (unpaired) electrons. The van der Waals surface area contributed by atoms with Gasteiger partial charge in [-0.15, -0.1) is 0 Å². The molecule has 0 bridgehead atoms. The molecule has 4 heteroatoms. The molecule has 2 atom stereocenters. The highest BCUT2D eigenvalue weighted by Gasteiger charge is 2.36. The lowest BCUT2D eigenvalue weighted by molar-refractivity contribution is -0.898. The van der Waals surface area contributed by atoms with E-state index >= 15 is 0 Å². The fourth-order valence-electron chi connectivity index (χ4n) is 4.05. The second-order valence-corrected chi connectivity index (χ2v) is 7.95. The number of hydrogen-bond acceptors (Lipinski definition) is 2. The standard InChI is InChI=1S/C23H43N3O/c1-4-6-7-8-9-10-11-12-13-14-15-16-17-23-25-19-21-26(23,5-2)20-18-24-22(3)27/h4,6,19,21,23,25H,5,7-18,20H2,1-3H3/p+1/b6-4+. The van der Waals surface area contributed by atoms with E-state index in [9.17, 15) is 4.79 Å². The second kappa shape index (κ2) is 14.7. The van der Waals surface area contributed by atoms with E-state index in [2.05, 4.69) is 49.0 Å². The van der Waals surface area contributed by atoms with Crippen molar-refractivity contribution in [2.24, 2.45) is 0 Å². The Balaban J connectivity index is 2.07. The third-order valence-corrected chi connectivity index (χ3v) is 5.86. The summed E-state index contributed by atoms with van der Waals surface area (Å²) in [7, 11) is 0. The molecule has 0 saturated carbocycles. The summed E-state index contributed by atoms with van der Waals surface area (Å²) < 4.78 is 0.952. The van der Waals surface area contributed by atoms with Crippen LogP contribution in [0.4, 0.5) is 0 Å².